The molecule has 0 saturated carbocycles. The summed E-state index contributed by atoms with van der Waals surface area (Å²) in [5.41, 5.74) is 3.83. The highest BCUT2D eigenvalue weighted by molar-refractivity contribution is 7.89. The topological polar surface area (TPSA) is 158 Å². The lowest BCUT2D eigenvalue weighted by Gasteiger charge is -2.17. The Kier molecular flexibility index (Phi) is 6.79. The summed E-state index contributed by atoms with van der Waals surface area (Å²) in [6.45, 7) is -0.872. The van der Waals surface area contributed by atoms with Gasteiger partial charge in [0.2, 0.25) is 15.9 Å². The maximum Gasteiger partial charge on any atom is 0.418 e. The van der Waals surface area contributed by atoms with E-state index in [1.807, 2.05) is 0 Å². The summed E-state index contributed by atoms with van der Waals surface area (Å²) in [6.07, 6.45) is -1.87. The second-order valence-electron chi connectivity index (χ2n) is 8.73. The van der Waals surface area contributed by atoms with Gasteiger partial charge >= 0.3 is 6.18 Å². The summed E-state index contributed by atoms with van der Waals surface area (Å²) in [7, 11) is -2.85. The largest absolute Gasteiger partial charge is 0.480 e. The van der Waals surface area contributed by atoms with E-state index in [-0.39, 0.29) is 34.1 Å². The first kappa shape index (κ1) is 27.2. The Morgan fingerprint density at radius 3 is 2.65 bits per heavy atom. The number of sulfonamides is 1. The molecule has 17 heteroatoms. The summed E-state index contributed by atoms with van der Waals surface area (Å²) >= 11 is 0. The van der Waals surface area contributed by atoms with Crippen molar-refractivity contribution in [1.29, 1.82) is 0 Å². The molecule has 0 unspecified atom stereocenters. The van der Waals surface area contributed by atoms with Crippen molar-refractivity contribution in [3.63, 3.8) is 0 Å². The number of carbonyl (C=O) groups is 1. The number of nitrogens with zero attached hydrogens (tertiary/aromatic N) is 6. The number of methoxy groups -OCH3 is 1. The van der Waals surface area contributed by atoms with Gasteiger partial charge in [-0.3, -0.25) is 9.78 Å². The molecule has 1 amide bonds. The van der Waals surface area contributed by atoms with Crippen molar-refractivity contribution in [3.05, 3.63) is 60.3 Å². The van der Waals surface area contributed by atoms with Crippen LogP contribution in [0.1, 0.15) is 15.9 Å². The third kappa shape index (κ3) is 4.77. The first-order valence-electron chi connectivity index (χ1n) is 11.5. The monoisotopic (exact) mass is 580 g/mol. The van der Waals surface area contributed by atoms with E-state index in [1.165, 1.54) is 37.7 Å². The maximum atomic E-state index is 14.9. The van der Waals surface area contributed by atoms with E-state index < -0.39 is 57.8 Å². The molecule has 4 aromatic heterocycles. The molecule has 1 saturated heterocycles. The van der Waals surface area contributed by atoms with Crippen LogP contribution in [0.5, 0.6) is 5.88 Å². The number of rotatable bonds is 6. The van der Waals surface area contributed by atoms with Gasteiger partial charge in [0.25, 0.3) is 5.91 Å². The first-order valence-corrected chi connectivity index (χ1v) is 12.9. The van der Waals surface area contributed by atoms with E-state index in [9.17, 15) is 30.8 Å². The number of hydrogen-bond donors (Lipinski definition) is 2. The molecule has 3 N–H and O–H groups in total. The Morgan fingerprint density at radius 1 is 1.20 bits per heavy atom. The summed E-state index contributed by atoms with van der Waals surface area (Å²) in [5.74, 6) is -1.49. The predicted octanol–water partition coefficient (Wildman–Crippen LogP) is 1.94. The fourth-order valence-corrected chi connectivity index (χ4v) is 5.80. The van der Waals surface area contributed by atoms with Crippen LogP contribution in [0.2, 0.25) is 0 Å². The lowest BCUT2D eigenvalue weighted by atomic mass is 10.1. The molecule has 2 atom stereocenters. The Hall–Kier alpha value is -4.38. The molecule has 5 rings (SSSR count). The molecule has 0 aliphatic carbocycles. The predicted molar refractivity (Wildman–Crippen MR) is 131 cm³/mol. The molecule has 4 aromatic rings. The zero-order valence-corrected chi connectivity index (χ0v) is 21.3. The van der Waals surface area contributed by atoms with Crippen molar-refractivity contribution in [1.82, 2.24) is 34.2 Å². The molecule has 40 heavy (non-hydrogen) atoms. The number of nitrogens with two attached hydrogens (primary N) is 1. The van der Waals surface area contributed by atoms with E-state index in [4.69, 9.17) is 10.5 Å². The van der Waals surface area contributed by atoms with Crippen molar-refractivity contribution in [2.75, 3.05) is 25.9 Å². The van der Waals surface area contributed by atoms with Gasteiger partial charge in [0, 0.05) is 37.2 Å². The summed E-state index contributed by atoms with van der Waals surface area (Å²) in [6, 6.07) is 3.51. The van der Waals surface area contributed by atoms with E-state index in [2.05, 4.69) is 25.4 Å². The van der Waals surface area contributed by atoms with Crippen LogP contribution in [-0.2, 0) is 16.2 Å². The van der Waals surface area contributed by atoms with Crippen molar-refractivity contribution < 1.29 is 35.5 Å². The maximum absolute atomic E-state index is 14.9. The zero-order valence-electron chi connectivity index (χ0n) is 20.5. The lowest BCUT2D eigenvalue weighted by Crippen LogP contribution is -2.42. The summed E-state index contributed by atoms with van der Waals surface area (Å²) in [5, 5.41) is 6.31. The molecule has 5 heterocycles. The second kappa shape index (κ2) is 9.98. The molecule has 1 aliphatic rings. The Bertz CT molecular complexity index is 1700. The van der Waals surface area contributed by atoms with E-state index in [0.717, 1.165) is 27.4 Å². The van der Waals surface area contributed by atoms with Gasteiger partial charge in [-0.25, -0.2) is 27.3 Å². The average molecular weight is 581 g/mol. The highest BCUT2D eigenvalue weighted by Gasteiger charge is 2.41. The van der Waals surface area contributed by atoms with Crippen LogP contribution >= 0.6 is 0 Å². The number of alkyl halides is 4. The normalized spacial score (nSPS) is 18.2. The Labute approximate surface area is 223 Å². The molecule has 0 spiro atoms. The zero-order chi connectivity index (χ0) is 28.8. The Balaban J connectivity index is 1.46. The van der Waals surface area contributed by atoms with E-state index in [1.54, 1.807) is 0 Å². The highest BCUT2D eigenvalue weighted by atomic mass is 32.2. The van der Waals surface area contributed by atoms with Crippen LogP contribution in [0.25, 0.3) is 16.8 Å². The van der Waals surface area contributed by atoms with Gasteiger partial charge in [-0.1, -0.05) is 0 Å². The number of nitrogen functional groups attached to an aromatic ring is 1. The number of anilines is 1. The molecule has 1 aliphatic heterocycles. The number of carbonyl (C=O) groups excluding carboxylic acids is 1. The number of halogens is 4. The third-order valence-corrected chi connectivity index (χ3v) is 8.09. The molecule has 0 aromatic carbocycles. The number of nitrogens with one attached hydrogen (secondary N) is 1. The standard InChI is InChI=1S/C23H20F4N8O4S/c1-39-22-14(21(36)33-17-10-34(9-16(17)24)40(37,38)13-3-2-4-29-8-13)5-12(7-30-22)18-6-15(23(25,26)27)19-20(28)31-11-32-35(18)19/h2-8,11,16-17H,9-10H2,1H3,(H,33,36)(H2,28,31,32)/t16-,17+/m0/s1. The number of aromatic nitrogens is 5. The fourth-order valence-electron chi connectivity index (χ4n) is 4.36. The van der Waals surface area contributed by atoms with Gasteiger partial charge in [0.15, 0.2) is 5.82 Å². The van der Waals surface area contributed by atoms with Gasteiger partial charge in [-0.2, -0.15) is 22.6 Å². The molecule has 0 radical (unpaired) electrons. The number of pyridine rings is 2. The smallest absolute Gasteiger partial charge is 0.418 e. The van der Waals surface area contributed by atoms with Crippen LogP contribution in [0.3, 0.4) is 0 Å². The van der Waals surface area contributed by atoms with Crippen molar-refractivity contribution in [2.24, 2.45) is 0 Å². The number of ether oxygens (including phenoxy) is 1. The second-order valence-corrected chi connectivity index (χ2v) is 10.7. The molecule has 210 valence electrons. The number of fused-ring (bicyclic) bond motifs is 1. The van der Waals surface area contributed by atoms with Crippen LogP contribution in [0, 0.1) is 0 Å². The van der Waals surface area contributed by atoms with Crippen LogP contribution < -0.4 is 15.8 Å². The summed E-state index contributed by atoms with van der Waals surface area (Å²) < 4.78 is 88.8. The minimum atomic E-state index is -4.79. The van der Waals surface area contributed by atoms with E-state index >= 15 is 0 Å². The van der Waals surface area contributed by atoms with Crippen molar-refractivity contribution >= 4 is 27.3 Å². The van der Waals surface area contributed by atoms with Gasteiger partial charge < -0.3 is 15.8 Å². The van der Waals surface area contributed by atoms with Crippen molar-refractivity contribution in [2.45, 2.75) is 23.3 Å². The van der Waals surface area contributed by atoms with Gasteiger partial charge in [0.1, 0.15) is 28.5 Å². The first-order chi connectivity index (χ1) is 18.9. The van der Waals surface area contributed by atoms with Gasteiger partial charge in [-0.05, 0) is 24.3 Å². The molecular weight excluding hydrogens is 560 g/mol. The number of hydrogen-bond acceptors (Lipinski definition) is 9. The lowest BCUT2D eigenvalue weighted by molar-refractivity contribution is -0.136. The van der Waals surface area contributed by atoms with Gasteiger partial charge in [0.05, 0.1) is 24.4 Å². The minimum absolute atomic E-state index is 0.0403. The number of amides is 1. The fraction of sp³-hybridized carbons (Fsp3) is 0.261. The van der Waals surface area contributed by atoms with Gasteiger partial charge in [-0.15, -0.1) is 0 Å². The van der Waals surface area contributed by atoms with Crippen LogP contribution in [0.15, 0.2) is 54.1 Å². The third-order valence-electron chi connectivity index (χ3n) is 6.28. The minimum Gasteiger partial charge on any atom is -0.480 e. The average Bonchev–Trinajstić information content (AvgIpc) is 3.51. The van der Waals surface area contributed by atoms with Crippen LogP contribution in [-0.4, -0.2) is 75.6 Å². The van der Waals surface area contributed by atoms with Crippen LogP contribution in [0.4, 0.5) is 23.4 Å². The quantitative estimate of drug-likeness (QED) is 0.325. The molecular formula is C23H20F4N8O4S. The molecule has 1 fully saturated rings. The molecule has 12 nitrogen and oxygen atoms in total. The SMILES string of the molecule is COc1ncc(-c2cc(C(F)(F)F)c3c(N)ncnn23)cc1C(=O)N[C@@H]1CN(S(=O)(=O)c2cccnc2)C[C@@H]1F. The van der Waals surface area contributed by atoms with E-state index in [0.29, 0.717) is 0 Å². The molecule has 0 bridgehead atoms. The van der Waals surface area contributed by atoms with Crippen molar-refractivity contribution in [3.8, 4) is 17.1 Å². The Morgan fingerprint density at radius 2 is 1.98 bits per heavy atom. The summed E-state index contributed by atoms with van der Waals surface area (Å²) in [4.78, 5) is 24.5. The highest BCUT2D eigenvalue weighted by Crippen LogP contribution is 2.39.